The molecule has 0 aliphatic heterocycles. The fourth-order valence-electron chi connectivity index (χ4n) is 1.66. The number of carbonyl (C=O) groups excluding carboxylic acids is 1. The first kappa shape index (κ1) is 16.1. The molecule has 6 heteroatoms. The Hall–Kier alpha value is -1.92. The van der Waals surface area contributed by atoms with Crippen LogP contribution >= 0.6 is 0 Å². The molecule has 110 valence electrons. The van der Waals surface area contributed by atoms with Gasteiger partial charge in [0.1, 0.15) is 6.61 Å². The highest BCUT2D eigenvalue weighted by Gasteiger charge is 2.34. The molecule has 1 atom stereocenters. The van der Waals surface area contributed by atoms with Gasteiger partial charge in [-0.05, 0) is 12.5 Å². The first-order valence-corrected chi connectivity index (χ1v) is 6.19. The van der Waals surface area contributed by atoms with Crippen LogP contribution in [-0.4, -0.2) is 43.9 Å². The lowest BCUT2D eigenvalue weighted by molar-refractivity contribution is -0.143. The number of nitrogens with one attached hydrogen (secondary N) is 1. The summed E-state index contributed by atoms with van der Waals surface area (Å²) < 4.78 is 10.2. The summed E-state index contributed by atoms with van der Waals surface area (Å²) >= 11 is 0. The number of hydrogen-bond acceptors (Lipinski definition) is 4. The highest BCUT2D eigenvalue weighted by molar-refractivity contribution is 5.86. The molecule has 0 saturated carbocycles. The van der Waals surface area contributed by atoms with Crippen LogP contribution in [0.15, 0.2) is 30.3 Å². The molecule has 0 fully saturated rings. The molecular formula is C14H19NO5. The van der Waals surface area contributed by atoms with Crippen LogP contribution in [0, 0.1) is 0 Å². The van der Waals surface area contributed by atoms with Crippen LogP contribution in [-0.2, 0) is 24.7 Å². The molecule has 1 aromatic rings. The second-order valence-corrected chi connectivity index (χ2v) is 4.31. The summed E-state index contributed by atoms with van der Waals surface area (Å²) in [6.07, 6.45) is 0. The van der Waals surface area contributed by atoms with Gasteiger partial charge in [0.05, 0.1) is 6.61 Å². The van der Waals surface area contributed by atoms with E-state index in [-0.39, 0.29) is 25.7 Å². The Balaban J connectivity index is 2.53. The van der Waals surface area contributed by atoms with E-state index in [1.54, 1.807) is 6.92 Å². The maximum atomic E-state index is 12.2. The molecule has 0 heterocycles. The van der Waals surface area contributed by atoms with Gasteiger partial charge in [-0.25, -0.2) is 4.79 Å². The molecular weight excluding hydrogens is 262 g/mol. The molecule has 1 amide bonds. The van der Waals surface area contributed by atoms with Crippen LogP contribution < -0.4 is 5.32 Å². The summed E-state index contributed by atoms with van der Waals surface area (Å²) in [6.45, 7) is 1.65. The molecule has 0 saturated heterocycles. The highest BCUT2D eigenvalue weighted by Crippen LogP contribution is 2.24. The number of carboxylic acid groups (broad SMARTS) is 1. The van der Waals surface area contributed by atoms with Crippen molar-refractivity contribution in [2.24, 2.45) is 0 Å². The van der Waals surface area contributed by atoms with Crippen LogP contribution in [0.3, 0.4) is 0 Å². The number of carboxylic acids is 1. The Morgan fingerprint density at radius 3 is 2.50 bits per heavy atom. The van der Waals surface area contributed by atoms with E-state index in [1.807, 2.05) is 30.3 Å². The van der Waals surface area contributed by atoms with Gasteiger partial charge in [0.15, 0.2) is 5.60 Å². The third-order valence-corrected chi connectivity index (χ3v) is 2.92. The lowest BCUT2D eigenvalue weighted by atomic mass is 9.95. The molecule has 1 rings (SSSR count). The second kappa shape index (κ2) is 7.62. The number of hydrogen-bond donors (Lipinski definition) is 2. The lowest BCUT2D eigenvalue weighted by Gasteiger charge is -2.27. The fourth-order valence-corrected chi connectivity index (χ4v) is 1.66. The number of amides is 1. The van der Waals surface area contributed by atoms with Crippen LogP contribution in [0.1, 0.15) is 12.5 Å². The third kappa shape index (κ3) is 4.32. The molecule has 0 aromatic heterocycles. The molecule has 0 aliphatic rings. The predicted octanol–water partition coefficient (Wildman–Crippen LogP) is 0.766. The SMILES string of the molecule is COC(C)(C(=O)NCCOCC(=O)O)c1ccccc1. The van der Waals surface area contributed by atoms with Crippen molar-refractivity contribution in [1.29, 1.82) is 0 Å². The van der Waals surface area contributed by atoms with Crippen LogP contribution in [0.4, 0.5) is 0 Å². The standard InChI is InChI=1S/C14H19NO5/c1-14(19-2,11-6-4-3-5-7-11)13(18)15-8-9-20-10-12(16)17/h3-7H,8-10H2,1-2H3,(H,15,18)(H,16,17). The molecule has 20 heavy (non-hydrogen) atoms. The van der Waals surface area contributed by atoms with Crippen LogP contribution in [0.2, 0.25) is 0 Å². The van der Waals surface area contributed by atoms with E-state index >= 15 is 0 Å². The number of aliphatic carboxylic acids is 1. The van der Waals surface area contributed by atoms with Gasteiger partial charge in [0.25, 0.3) is 5.91 Å². The van der Waals surface area contributed by atoms with Gasteiger partial charge in [-0.2, -0.15) is 0 Å². The first-order valence-electron chi connectivity index (χ1n) is 6.19. The van der Waals surface area contributed by atoms with Crippen molar-refractivity contribution in [2.45, 2.75) is 12.5 Å². The first-order chi connectivity index (χ1) is 9.50. The van der Waals surface area contributed by atoms with Gasteiger partial charge in [0, 0.05) is 13.7 Å². The Morgan fingerprint density at radius 1 is 1.30 bits per heavy atom. The minimum Gasteiger partial charge on any atom is -0.480 e. The predicted molar refractivity (Wildman–Crippen MR) is 72.3 cm³/mol. The lowest BCUT2D eigenvalue weighted by Crippen LogP contribution is -2.44. The molecule has 2 N–H and O–H groups in total. The van der Waals surface area contributed by atoms with E-state index < -0.39 is 11.6 Å². The maximum absolute atomic E-state index is 12.2. The third-order valence-electron chi connectivity index (χ3n) is 2.92. The molecule has 0 spiro atoms. The summed E-state index contributed by atoms with van der Waals surface area (Å²) in [5, 5.41) is 11.1. The minimum atomic E-state index is -1.09. The number of ether oxygens (including phenoxy) is 2. The number of methoxy groups -OCH3 is 1. The zero-order chi connectivity index (χ0) is 15.0. The largest absolute Gasteiger partial charge is 0.480 e. The van der Waals surface area contributed by atoms with Crippen molar-refractivity contribution in [1.82, 2.24) is 5.32 Å². The molecule has 0 bridgehead atoms. The summed E-state index contributed by atoms with van der Waals surface area (Å²) in [7, 11) is 1.47. The Morgan fingerprint density at radius 2 is 1.95 bits per heavy atom. The summed E-state index contributed by atoms with van der Waals surface area (Å²) in [5.74, 6) is -1.34. The van der Waals surface area contributed by atoms with Gasteiger partial charge in [-0.3, -0.25) is 4.79 Å². The Bertz CT molecular complexity index is 448. The van der Waals surface area contributed by atoms with Crippen LogP contribution in [0.25, 0.3) is 0 Å². The average molecular weight is 281 g/mol. The van der Waals surface area contributed by atoms with Crippen molar-refractivity contribution >= 4 is 11.9 Å². The monoisotopic (exact) mass is 281 g/mol. The quantitative estimate of drug-likeness (QED) is 0.687. The molecule has 0 aliphatic carbocycles. The number of benzene rings is 1. The van der Waals surface area contributed by atoms with Gasteiger partial charge in [-0.15, -0.1) is 0 Å². The summed E-state index contributed by atoms with van der Waals surface area (Å²) in [4.78, 5) is 22.4. The summed E-state index contributed by atoms with van der Waals surface area (Å²) in [5.41, 5.74) is -0.347. The zero-order valence-corrected chi connectivity index (χ0v) is 11.6. The Kier molecular flexibility index (Phi) is 6.14. The van der Waals surface area contributed by atoms with E-state index in [0.29, 0.717) is 0 Å². The summed E-state index contributed by atoms with van der Waals surface area (Å²) in [6, 6.07) is 9.14. The van der Waals surface area contributed by atoms with Gasteiger partial charge in [0.2, 0.25) is 0 Å². The number of rotatable bonds is 8. The average Bonchev–Trinajstić information content (AvgIpc) is 2.46. The Labute approximate surface area is 117 Å². The molecule has 1 unspecified atom stereocenters. The van der Waals surface area contributed by atoms with Crippen molar-refractivity contribution in [3.05, 3.63) is 35.9 Å². The smallest absolute Gasteiger partial charge is 0.329 e. The topological polar surface area (TPSA) is 84.9 Å². The minimum absolute atomic E-state index is 0.132. The van der Waals surface area contributed by atoms with E-state index in [0.717, 1.165) is 5.56 Å². The van der Waals surface area contributed by atoms with Crippen molar-refractivity contribution in [3.63, 3.8) is 0 Å². The fraction of sp³-hybridized carbons (Fsp3) is 0.429. The van der Waals surface area contributed by atoms with Crippen molar-refractivity contribution < 1.29 is 24.2 Å². The van der Waals surface area contributed by atoms with E-state index in [1.165, 1.54) is 7.11 Å². The van der Waals surface area contributed by atoms with Gasteiger partial charge >= 0.3 is 5.97 Å². The van der Waals surface area contributed by atoms with Crippen molar-refractivity contribution in [2.75, 3.05) is 26.9 Å². The maximum Gasteiger partial charge on any atom is 0.329 e. The van der Waals surface area contributed by atoms with Gasteiger partial charge in [-0.1, -0.05) is 30.3 Å². The van der Waals surface area contributed by atoms with Crippen LogP contribution in [0.5, 0.6) is 0 Å². The number of carbonyl (C=O) groups is 2. The van der Waals surface area contributed by atoms with Gasteiger partial charge < -0.3 is 19.9 Å². The highest BCUT2D eigenvalue weighted by atomic mass is 16.5. The molecule has 0 radical (unpaired) electrons. The molecule has 1 aromatic carbocycles. The van der Waals surface area contributed by atoms with E-state index in [9.17, 15) is 9.59 Å². The van der Waals surface area contributed by atoms with E-state index in [2.05, 4.69) is 5.32 Å². The molecule has 6 nitrogen and oxygen atoms in total. The normalized spacial score (nSPS) is 13.5. The zero-order valence-electron chi connectivity index (χ0n) is 11.6. The second-order valence-electron chi connectivity index (χ2n) is 4.31. The van der Waals surface area contributed by atoms with Crippen molar-refractivity contribution in [3.8, 4) is 0 Å². The van der Waals surface area contributed by atoms with E-state index in [4.69, 9.17) is 14.6 Å².